The van der Waals surface area contributed by atoms with E-state index in [1.165, 1.54) is 0 Å². The first kappa shape index (κ1) is 18.9. The zero-order valence-corrected chi connectivity index (χ0v) is 16.9. The Bertz CT molecular complexity index is 764. The summed E-state index contributed by atoms with van der Waals surface area (Å²) in [5, 5.41) is 3.44. The van der Waals surface area contributed by atoms with Gasteiger partial charge in [-0.2, -0.15) is 0 Å². The number of benzene rings is 2. The van der Waals surface area contributed by atoms with Crippen molar-refractivity contribution in [1.29, 1.82) is 0 Å². The van der Waals surface area contributed by atoms with Crippen molar-refractivity contribution in [3.63, 3.8) is 0 Å². The topological polar surface area (TPSA) is 49.0 Å². The van der Waals surface area contributed by atoms with Crippen LogP contribution >= 0.6 is 15.9 Å². The molecule has 0 amide bonds. The minimum atomic E-state index is 0.269. The molecular weight excluding hydrogens is 398 g/mol. The van der Waals surface area contributed by atoms with Gasteiger partial charge in [-0.05, 0) is 63.8 Å². The number of hydrogen-bond donors (Lipinski definition) is 1. The van der Waals surface area contributed by atoms with E-state index in [4.69, 9.17) is 18.9 Å². The largest absolute Gasteiger partial charge is 0.493 e. The van der Waals surface area contributed by atoms with Crippen LogP contribution in [0.4, 0.5) is 0 Å². The third-order valence-corrected chi connectivity index (χ3v) is 4.58. The molecule has 0 saturated heterocycles. The summed E-state index contributed by atoms with van der Waals surface area (Å²) in [5.41, 5.74) is 2.15. The Balaban J connectivity index is 1.68. The summed E-state index contributed by atoms with van der Waals surface area (Å²) in [4.78, 5) is 0. The Morgan fingerprint density at radius 2 is 1.92 bits per heavy atom. The van der Waals surface area contributed by atoms with Gasteiger partial charge in [0.05, 0.1) is 11.6 Å². The number of halogens is 1. The van der Waals surface area contributed by atoms with Gasteiger partial charge in [0.1, 0.15) is 6.61 Å². The van der Waals surface area contributed by atoms with Crippen LogP contribution in [-0.4, -0.2) is 20.4 Å². The van der Waals surface area contributed by atoms with E-state index >= 15 is 0 Å². The Hall–Kier alpha value is -1.92. The maximum absolute atomic E-state index is 6.01. The van der Waals surface area contributed by atoms with Crippen molar-refractivity contribution < 1.29 is 18.9 Å². The molecule has 0 atom stereocenters. The Morgan fingerprint density at radius 3 is 2.69 bits per heavy atom. The summed E-state index contributed by atoms with van der Waals surface area (Å²) < 4.78 is 23.2. The van der Waals surface area contributed by atoms with Crippen LogP contribution in [0.2, 0.25) is 0 Å². The van der Waals surface area contributed by atoms with Crippen LogP contribution in [-0.2, 0) is 13.2 Å². The molecule has 1 aliphatic rings. The predicted octanol–water partition coefficient (Wildman–Crippen LogP) is 4.51. The van der Waals surface area contributed by atoms with Gasteiger partial charge in [-0.1, -0.05) is 19.9 Å². The predicted molar refractivity (Wildman–Crippen MR) is 104 cm³/mol. The molecule has 1 heterocycles. The fourth-order valence-corrected chi connectivity index (χ4v) is 3.31. The van der Waals surface area contributed by atoms with Gasteiger partial charge in [-0.15, -0.1) is 0 Å². The Kier molecular flexibility index (Phi) is 6.27. The zero-order chi connectivity index (χ0) is 18.5. The Labute approximate surface area is 162 Å². The number of nitrogens with one attached hydrogen (secondary N) is 1. The van der Waals surface area contributed by atoms with Gasteiger partial charge in [-0.3, -0.25) is 0 Å². The molecule has 0 fully saturated rings. The van der Waals surface area contributed by atoms with E-state index in [2.05, 4.69) is 41.2 Å². The number of methoxy groups -OCH3 is 1. The highest BCUT2D eigenvalue weighted by Crippen LogP contribution is 2.38. The lowest BCUT2D eigenvalue weighted by atomic mass is 10.1. The van der Waals surface area contributed by atoms with E-state index in [1.807, 2.05) is 24.3 Å². The van der Waals surface area contributed by atoms with Crippen molar-refractivity contribution >= 4 is 15.9 Å². The lowest BCUT2D eigenvalue weighted by Gasteiger charge is -2.15. The molecular formula is C20H24BrNO4. The van der Waals surface area contributed by atoms with Crippen molar-refractivity contribution in [3.8, 4) is 23.0 Å². The van der Waals surface area contributed by atoms with Crippen LogP contribution in [0.5, 0.6) is 23.0 Å². The van der Waals surface area contributed by atoms with E-state index in [0.29, 0.717) is 24.0 Å². The maximum atomic E-state index is 6.01. The van der Waals surface area contributed by atoms with Gasteiger partial charge < -0.3 is 24.3 Å². The highest BCUT2D eigenvalue weighted by Gasteiger charge is 2.15. The summed E-state index contributed by atoms with van der Waals surface area (Å²) in [7, 11) is 1.65. The molecule has 140 valence electrons. The first-order chi connectivity index (χ1) is 12.6. The van der Waals surface area contributed by atoms with Crippen LogP contribution in [0, 0.1) is 5.92 Å². The van der Waals surface area contributed by atoms with Crippen LogP contribution in [0.1, 0.15) is 25.0 Å². The lowest BCUT2D eigenvalue weighted by molar-refractivity contribution is 0.174. The molecule has 2 aromatic rings. The number of ether oxygens (including phenoxy) is 4. The van der Waals surface area contributed by atoms with Crippen molar-refractivity contribution in [1.82, 2.24) is 5.32 Å². The SMILES string of the molecule is COc1cc(CNCC(C)C)cc(Br)c1OCc1ccc2c(c1)OCO2. The normalized spacial score (nSPS) is 12.5. The molecule has 3 rings (SSSR count). The molecule has 2 aromatic carbocycles. The monoisotopic (exact) mass is 421 g/mol. The van der Waals surface area contributed by atoms with Crippen molar-refractivity contribution in [2.24, 2.45) is 5.92 Å². The average Bonchev–Trinajstić information content (AvgIpc) is 3.07. The number of hydrogen-bond acceptors (Lipinski definition) is 5. The third-order valence-electron chi connectivity index (χ3n) is 3.99. The molecule has 0 radical (unpaired) electrons. The fourth-order valence-electron chi connectivity index (χ4n) is 2.71. The number of fused-ring (bicyclic) bond motifs is 1. The van der Waals surface area contributed by atoms with E-state index in [9.17, 15) is 0 Å². The quantitative estimate of drug-likeness (QED) is 0.679. The van der Waals surface area contributed by atoms with Crippen molar-refractivity contribution in [2.75, 3.05) is 20.4 Å². The van der Waals surface area contributed by atoms with Crippen LogP contribution in [0.15, 0.2) is 34.8 Å². The first-order valence-electron chi connectivity index (χ1n) is 8.65. The summed E-state index contributed by atoms with van der Waals surface area (Å²) in [5.74, 6) is 3.54. The average molecular weight is 422 g/mol. The molecule has 1 aliphatic heterocycles. The Morgan fingerprint density at radius 1 is 1.12 bits per heavy atom. The highest BCUT2D eigenvalue weighted by atomic mass is 79.9. The van der Waals surface area contributed by atoms with Crippen molar-refractivity contribution in [2.45, 2.75) is 27.0 Å². The third kappa shape index (κ3) is 4.62. The van der Waals surface area contributed by atoms with Gasteiger partial charge in [0, 0.05) is 6.54 Å². The lowest BCUT2D eigenvalue weighted by Crippen LogP contribution is -2.19. The highest BCUT2D eigenvalue weighted by molar-refractivity contribution is 9.10. The molecule has 6 heteroatoms. The van der Waals surface area contributed by atoms with Gasteiger partial charge in [-0.25, -0.2) is 0 Å². The molecule has 0 unspecified atom stereocenters. The van der Waals surface area contributed by atoms with E-state index in [-0.39, 0.29) is 6.79 Å². The van der Waals surface area contributed by atoms with Gasteiger partial charge >= 0.3 is 0 Å². The van der Waals surface area contributed by atoms with Gasteiger partial charge in [0.15, 0.2) is 23.0 Å². The summed E-state index contributed by atoms with van der Waals surface area (Å²) >= 11 is 3.61. The summed E-state index contributed by atoms with van der Waals surface area (Å²) in [6.45, 7) is 6.83. The summed E-state index contributed by atoms with van der Waals surface area (Å²) in [6.07, 6.45) is 0. The maximum Gasteiger partial charge on any atom is 0.231 e. The van der Waals surface area contributed by atoms with E-state index in [1.54, 1.807) is 7.11 Å². The van der Waals surface area contributed by atoms with Crippen LogP contribution in [0.3, 0.4) is 0 Å². The van der Waals surface area contributed by atoms with Gasteiger partial charge in [0.2, 0.25) is 6.79 Å². The molecule has 0 aromatic heterocycles. The molecule has 1 N–H and O–H groups in total. The zero-order valence-electron chi connectivity index (χ0n) is 15.3. The molecule has 0 aliphatic carbocycles. The minimum Gasteiger partial charge on any atom is -0.493 e. The van der Waals surface area contributed by atoms with Gasteiger partial charge in [0.25, 0.3) is 0 Å². The molecule has 0 saturated carbocycles. The molecule has 0 spiro atoms. The fraction of sp³-hybridized carbons (Fsp3) is 0.400. The second-order valence-corrected chi connectivity index (χ2v) is 7.46. The van der Waals surface area contributed by atoms with E-state index < -0.39 is 0 Å². The summed E-state index contributed by atoms with van der Waals surface area (Å²) in [6, 6.07) is 9.87. The second kappa shape index (κ2) is 8.64. The standard InChI is InChI=1S/C20H24BrNO4/c1-13(2)9-22-10-15-6-16(21)20(19(8-15)23-3)24-11-14-4-5-17-18(7-14)26-12-25-17/h4-8,13,22H,9-12H2,1-3H3. The molecule has 26 heavy (non-hydrogen) atoms. The van der Waals surface area contributed by atoms with E-state index in [0.717, 1.165) is 40.2 Å². The molecule has 0 bridgehead atoms. The van der Waals surface area contributed by atoms with Crippen LogP contribution < -0.4 is 24.3 Å². The van der Waals surface area contributed by atoms with Crippen molar-refractivity contribution in [3.05, 3.63) is 45.9 Å². The number of rotatable bonds is 8. The minimum absolute atomic E-state index is 0.269. The van der Waals surface area contributed by atoms with Crippen LogP contribution in [0.25, 0.3) is 0 Å². The molecule has 5 nitrogen and oxygen atoms in total. The second-order valence-electron chi connectivity index (χ2n) is 6.61. The first-order valence-corrected chi connectivity index (χ1v) is 9.44. The smallest absolute Gasteiger partial charge is 0.231 e.